The number of aryl methyl sites for hydroxylation is 1. The van der Waals surface area contributed by atoms with Crippen LogP contribution in [0.2, 0.25) is 0 Å². The van der Waals surface area contributed by atoms with Crippen molar-refractivity contribution >= 4 is 5.97 Å². The van der Waals surface area contributed by atoms with Crippen molar-refractivity contribution in [3.8, 4) is 11.1 Å². The lowest BCUT2D eigenvalue weighted by molar-refractivity contribution is 0.0697. The Balaban J connectivity index is 1.56. The summed E-state index contributed by atoms with van der Waals surface area (Å²) in [6, 6.07) is 9.78. The fourth-order valence-corrected chi connectivity index (χ4v) is 4.25. The minimum Gasteiger partial charge on any atom is -0.478 e. The summed E-state index contributed by atoms with van der Waals surface area (Å²) in [4.78, 5) is 20.3. The Bertz CT molecular complexity index is 1000. The lowest BCUT2D eigenvalue weighted by atomic mass is 9.89. The fraction of sp³-hybridized carbons (Fsp3) is 0.417. The molecule has 3 aromatic rings. The molecular weight excluding hydrogens is 376 g/mol. The third-order valence-corrected chi connectivity index (χ3v) is 5.85. The second-order valence-corrected chi connectivity index (χ2v) is 8.04. The van der Waals surface area contributed by atoms with Crippen LogP contribution in [-0.2, 0) is 13.0 Å². The largest absolute Gasteiger partial charge is 0.478 e. The number of carboxylic acids is 1. The van der Waals surface area contributed by atoms with Crippen LogP contribution >= 0.6 is 0 Å². The van der Waals surface area contributed by atoms with Gasteiger partial charge in [0.05, 0.1) is 5.56 Å². The van der Waals surface area contributed by atoms with Crippen molar-refractivity contribution in [1.29, 1.82) is 0 Å². The van der Waals surface area contributed by atoms with E-state index in [0.29, 0.717) is 11.5 Å². The van der Waals surface area contributed by atoms with Gasteiger partial charge in [-0.2, -0.15) is 5.10 Å². The molecule has 1 fully saturated rings. The van der Waals surface area contributed by atoms with Gasteiger partial charge in [-0.05, 0) is 42.0 Å². The topological polar surface area (TPSA) is 80.9 Å². The summed E-state index contributed by atoms with van der Waals surface area (Å²) in [6.45, 7) is 3.04. The number of hydrogen-bond acceptors (Lipinski definition) is 4. The molecule has 0 aliphatic heterocycles. The number of carboxylic acid groups (broad SMARTS) is 1. The second kappa shape index (κ2) is 9.20. The highest BCUT2D eigenvalue weighted by molar-refractivity contribution is 5.95. The van der Waals surface area contributed by atoms with Crippen molar-refractivity contribution in [3.63, 3.8) is 0 Å². The average molecular weight is 405 g/mol. The molecule has 0 bridgehead atoms. The van der Waals surface area contributed by atoms with Crippen molar-refractivity contribution in [2.45, 2.75) is 64.3 Å². The molecule has 6 heteroatoms. The predicted molar refractivity (Wildman–Crippen MR) is 116 cm³/mol. The van der Waals surface area contributed by atoms with Gasteiger partial charge in [0.1, 0.15) is 5.82 Å². The van der Waals surface area contributed by atoms with E-state index in [0.717, 1.165) is 42.2 Å². The molecule has 6 nitrogen and oxygen atoms in total. The van der Waals surface area contributed by atoms with Gasteiger partial charge in [0, 0.05) is 31.3 Å². The predicted octanol–water partition coefficient (Wildman–Crippen LogP) is 5.09. The molecular formula is C24H28N4O2. The van der Waals surface area contributed by atoms with E-state index >= 15 is 0 Å². The smallest absolute Gasteiger partial charge is 0.337 e. The van der Waals surface area contributed by atoms with Crippen molar-refractivity contribution in [3.05, 3.63) is 65.5 Å². The Morgan fingerprint density at radius 3 is 2.60 bits per heavy atom. The van der Waals surface area contributed by atoms with E-state index in [1.807, 2.05) is 24.3 Å². The first kappa shape index (κ1) is 20.3. The van der Waals surface area contributed by atoms with E-state index in [9.17, 15) is 9.90 Å². The number of carbonyl (C=O) groups is 1. The van der Waals surface area contributed by atoms with Crippen LogP contribution in [0.1, 0.15) is 78.9 Å². The first-order valence-electron chi connectivity index (χ1n) is 10.9. The monoisotopic (exact) mass is 404 g/mol. The number of aromatic nitrogens is 4. The highest BCUT2D eigenvalue weighted by Crippen LogP contribution is 2.31. The van der Waals surface area contributed by atoms with Crippen LogP contribution in [0.5, 0.6) is 0 Å². The maximum absolute atomic E-state index is 11.5. The van der Waals surface area contributed by atoms with Crippen LogP contribution in [0, 0.1) is 0 Å². The first-order valence-corrected chi connectivity index (χ1v) is 10.9. The van der Waals surface area contributed by atoms with Crippen molar-refractivity contribution in [1.82, 2.24) is 19.7 Å². The van der Waals surface area contributed by atoms with E-state index in [1.165, 1.54) is 38.3 Å². The SMILES string of the molecule is CCCn1nc(C2CCCCC2)nc1Cc1ccc(-c2ccncc2C(=O)O)cc1. The molecule has 0 amide bonds. The molecule has 1 N–H and O–H groups in total. The molecule has 0 unspecified atom stereocenters. The van der Waals surface area contributed by atoms with E-state index in [2.05, 4.69) is 16.6 Å². The molecule has 2 aromatic heterocycles. The van der Waals surface area contributed by atoms with Gasteiger partial charge in [-0.3, -0.25) is 4.98 Å². The van der Waals surface area contributed by atoms with Gasteiger partial charge in [-0.15, -0.1) is 0 Å². The molecule has 0 spiro atoms. The molecule has 0 radical (unpaired) electrons. The highest BCUT2D eigenvalue weighted by atomic mass is 16.4. The maximum Gasteiger partial charge on any atom is 0.337 e. The Labute approximate surface area is 177 Å². The molecule has 0 atom stereocenters. The van der Waals surface area contributed by atoms with Crippen molar-refractivity contribution in [2.24, 2.45) is 0 Å². The number of rotatable bonds is 7. The number of nitrogens with zero attached hydrogens (tertiary/aromatic N) is 4. The van der Waals surface area contributed by atoms with Gasteiger partial charge >= 0.3 is 5.97 Å². The normalized spacial score (nSPS) is 14.7. The van der Waals surface area contributed by atoms with Gasteiger partial charge in [0.25, 0.3) is 0 Å². The summed E-state index contributed by atoms with van der Waals surface area (Å²) in [7, 11) is 0. The van der Waals surface area contributed by atoms with E-state index < -0.39 is 5.97 Å². The number of pyridine rings is 1. The van der Waals surface area contributed by atoms with Crippen molar-refractivity contribution in [2.75, 3.05) is 0 Å². The summed E-state index contributed by atoms with van der Waals surface area (Å²) in [6.07, 6.45) is 11.0. The summed E-state index contributed by atoms with van der Waals surface area (Å²) < 4.78 is 2.07. The molecule has 1 aliphatic rings. The van der Waals surface area contributed by atoms with E-state index in [-0.39, 0.29) is 5.56 Å². The number of hydrogen-bond donors (Lipinski definition) is 1. The molecule has 1 aliphatic carbocycles. The lowest BCUT2D eigenvalue weighted by Crippen LogP contribution is -2.08. The minimum absolute atomic E-state index is 0.213. The van der Waals surface area contributed by atoms with Crippen molar-refractivity contribution < 1.29 is 9.90 Å². The van der Waals surface area contributed by atoms with Crippen LogP contribution in [0.15, 0.2) is 42.7 Å². The lowest BCUT2D eigenvalue weighted by Gasteiger charge is -2.18. The molecule has 1 saturated carbocycles. The minimum atomic E-state index is -0.968. The van der Waals surface area contributed by atoms with Crippen LogP contribution in [0.4, 0.5) is 0 Å². The Morgan fingerprint density at radius 1 is 1.13 bits per heavy atom. The van der Waals surface area contributed by atoms with E-state index in [1.54, 1.807) is 12.3 Å². The van der Waals surface area contributed by atoms with Crippen LogP contribution < -0.4 is 0 Å². The Morgan fingerprint density at radius 2 is 1.90 bits per heavy atom. The van der Waals surface area contributed by atoms with Gasteiger partial charge in [0.15, 0.2) is 5.82 Å². The quantitative estimate of drug-likeness (QED) is 0.593. The summed E-state index contributed by atoms with van der Waals surface area (Å²) in [5.41, 5.74) is 2.91. The number of benzene rings is 1. The third kappa shape index (κ3) is 4.42. The zero-order valence-corrected chi connectivity index (χ0v) is 17.4. The third-order valence-electron chi connectivity index (χ3n) is 5.85. The maximum atomic E-state index is 11.5. The zero-order chi connectivity index (χ0) is 20.9. The highest BCUT2D eigenvalue weighted by Gasteiger charge is 2.21. The van der Waals surface area contributed by atoms with Crippen LogP contribution in [-0.4, -0.2) is 30.8 Å². The standard InChI is InChI=1S/C24H28N4O2/c1-2-14-28-22(26-23(27-28)19-6-4-3-5-7-19)15-17-8-10-18(11-9-17)20-12-13-25-16-21(20)24(29)30/h8-13,16,19H,2-7,14-15H2,1H3,(H,29,30). The van der Waals surface area contributed by atoms with Crippen LogP contribution in [0.25, 0.3) is 11.1 Å². The zero-order valence-electron chi connectivity index (χ0n) is 17.4. The number of aromatic carboxylic acids is 1. The van der Waals surface area contributed by atoms with E-state index in [4.69, 9.17) is 10.1 Å². The van der Waals surface area contributed by atoms with Gasteiger partial charge in [0.2, 0.25) is 0 Å². The second-order valence-electron chi connectivity index (χ2n) is 8.04. The van der Waals surface area contributed by atoms with Crippen LogP contribution in [0.3, 0.4) is 0 Å². The molecule has 156 valence electrons. The molecule has 2 heterocycles. The molecule has 30 heavy (non-hydrogen) atoms. The average Bonchev–Trinajstić information content (AvgIpc) is 3.17. The Hall–Kier alpha value is -3.02. The molecule has 0 saturated heterocycles. The summed E-state index contributed by atoms with van der Waals surface area (Å²) in [5.74, 6) is 1.56. The Kier molecular flexibility index (Phi) is 6.21. The van der Waals surface area contributed by atoms with Gasteiger partial charge in [-0.1, -0.05) is 50.5 Å². The van der Waals surface area contributed by atoms with Gasteiger partial charge < -0.3 is 5.11 Å². The summed E-state index contributed by atoms with van der Waals surface area (Å²) in [5, 5.41) is 14.3. The molecule has 4 rings (SSSR count). The molecule has 1 aromatic carbocycles. The first-order chi connectivity index (χ1) is 14.7. The fourth-order valence-electron chi connectivity index (χ4n) is 4.25. The van der Waals surface area contributed by atoms with Gasteiger partial charge in [-0.25, -0.2) is 14.5 Å². The summed E-state index contributed by atoms with van der Waals surface area (Å²) >= 11 is 0.